The van der Waals surface area contributed by atoms with Crippen LogP contribution in [0, 0.1) is 0 Å². The Morgan fingerprint density at radius 3 is 3.00 bits per heavy atom. The van der Waals surface area contributed by atoms with Gasteiger partial charge in [-0.05, 0) is 6.07 Å². The highest BCUT2D eigenvalue weighted by Crippen LogP contribution is 2.12. The lowest BCUT2D eigenvalue weighted by Gasteiger charge is -1.96. The summed E-state index contributed by atoms with van der Waals surface area (Å²) in [6.45, 7) is 2.11. The third kappa shape index (κ3) is 0.897. The maximum atomic E-state index is 4.43. The molecule has 2 rings (SSSR count). The Hall–Kier alpha value is -1.38. The lowest BCUT2D eigenvalue weighted by atomic mass is 10.4. The van der Waals surface area contributed by atoms with Gasteiger partial charge in [-0.15, -0.1) is 0 Å². The molecule has 0 saturated carbocycles. The lowest BCUT2D eigenvalue weighted by Crippen LogP contribution is -1.94. The van der Waals surface area contributed by atoms with Gasteiger partial charge in [0.1, 0.15) is 11.3 Å². The third-order valence-corrected chi connectivity index (χ3v) is 2.09. The van der Waals surface area contributed by atoms with Gasteiger partial charge in [0.2, 0.25) is 0 Å². The van der Waals surface area contributed by atoms with E-state index in [0.29, 0.717) is 0 Å². The Morgan fingerprint density at radius 1 is 1.50 bits per heavy atom. The van der Waals surface area contributed by atoms with E-state index in [0.717, 1.165) is 23.3 Å². The summed E-state index contributed by atoms with van der Waals surface area (Å²) in [5.41, 5.74) is 2.14. The van der Waals surface area contributed by atoms with Crippen molar-refractivity contribution in [3.63, 3.8) is 0 Å². The van der Waals surface area contributed by atoms with Crippen molar-refractivity contribution in [3.8, 4) is 0 Å². The largest absolute Gasteiger partial charge is 0.331 e. The number of hydrogen-bond donors (Lipinski definition) is 0. The van der Waals surface area contributed by atoms with Gasteiger partial charge in [0, 0.05) is 19.7 Å². The fraction of sp³-hybridized carbons (Fsp3) is 0.333. The van der Waals surface area contributed by atoms with E-state index in [1.165, 1.54) is 0 Å². The third-order valence-electron chi connectivity index (χ3n) is 2.09. The Morgan fingerprint density at radius 2 is 2.33 bits per heavy atom. The quantitative estimate of drug-likeness (QED) is 0.635. The summed E-state index contributed by atoms with van der Waals surface area (Å²) in [6.07, 6.45) is 4.56. The highest BCUT2D eigenvalue weighted by atomic mass is 15.1. The average molecular weight is 161 g/mol. The number of imidazole rings is 1. The predicted molar refractivity (Wildman–Crippen MR) is 47.9 cm³/mol. The maximum absolute atomic E-state index is 4.43. The Kier molecular flexibility index (Phi) is 1.57. The van der Waals surface area contributed by atoms with Gasteiger partial charge in [0.15, 0.2) is 0 Å². The second kappa shape index (κ2) is 2.59. The van der Waals surface area contributed by atoms with E-state index in [2.05, 4.69) is 21.5 Å². The Bertz CT molecular complexity index is 403. The minimum atomic E-state index is 0.963. The molecular weight excluding hydrogens is 150 g/mol. The molecule has 0 fully saturated rings. The van der Waals surface area contributed by atoms with Crippen molar-refractivity contribution < 1.29 is 0 Å². The summed E-state index contributed by atoms with van der Waals surface area (Å²) in [4.78, 5) is 8.46. The van der Waals surface area contributed by atoms with Gasteiger partial charge in [0.05, 0.1) is 11.7 Å². The van der Waals surface area contributed by atoms with Gasteiger partial charge < -0.3 is 4.57 Å². The van der Waals surface area contributed by atoms with Crippen molar-refractivity contribution in [2.75, 3.05) is 0 Å². The molecule has 0 aliphatic rings. The van der Waals surface area contributed by atoms with E-state index in [4.69, 9.17) is 0 Å². The van der Waals surface area contributed by atoms with Crippen LogP contribution < -0.4 is 0 Å². The lowest BCUT2D eigenvalue weighted by molar-refractivity contribution is 0.829. The van der Waals surface area contributed by atoms with Crippen molar-refractivity contribution in [2.45, 2.75) is 13.3 Å². The van der Waals surface area contributed by atoms with Crippen LogP contribution in [0.1, 0.15) is 12.7 Å². The van der Waals surface area contributed by atoms with Crippen molar-refractivity contribution in [1.29, 1.82) is 0 Å². The summed E-state index contributed by atoms with van der Waals surface area (Å²) in [6, 6.07) is 1.99. The van der Waals surface area contributed by atoms with Gasteiger partial charge in [-0.25, -0.2) is 4.98 Å². The second-order valence-corrected chi connectivity index (χ2v) is 2.80. The molecule has 2 heterocycles. The van der Waals surface area contributed by atoms with Gasteiger partial charge in [-0.2, -0.15) is 0 Å². The van der Waals surface area contributed by atoms with E-state index in [1.807, 2.05) is 13.1 Å². The molecule has 2 aromatic rings. The number of hydrogen-bond acceptors (Lipinski definition) is 2. The summed E-state index contributed by atoms with van der Waals surface area (Å²) in [5.74, 6) is 1.11. The van der Waals surface area contributed by atoms with Gasteiger partial charge in [0.25, 0.3) is 0 Å². The number of fused-ring (bicyclic) bond motifs is 1. The molecule has 3 nitrogen and oxygen atoms in total. The molecule has 0 radical (unpaired) electrons. The molecule has 0 spiro atoms. The van der Waals surface area contributed by atoms with Crippen molar-refractivity contribution >= 4 is 11.0 Å². The zero-order valence-corrected chi connectivity index (χ0v) is 7.28. The summed E-state index contributed by atoms with van der Waals surface area (Å²) >= 11 is 0. The molecule has 0 aliphatic carbocycles. The summed E-state index contributed by atoms with van der Waals surface area (Å²) in [7, 11) is 2.04. The number of rotatable bonds is 1. The smallest absolute Gasteiger partial charge is 0.109 e. The number of aryl methyl sites for hydroxylation is 2. The van der Waals surface area contributed by atoms with E-state index < -0.39 is 0 Å². The summed E-state index contributed by atoms with van der Waals surface area (Å²) < 4.78 is 2.11. The number of nitrogens with zero attached hydrogens (tertiary/aromatic N) is 3. The fourth-order valence-corrected chi connectivity index (χ4v) is 1.42. The maximum Gasteiger partial charge on any atom is 0.109 e. The Labute approximate surface area is 71.1 Å². The van der Waals surface area contributed by atoms with Crippen LogP contribution in [0.2, 0.25) is 0 Å². The second-order valence-electron chi connectivity index (χ2n) is 2.80. The minimum absolute atomic E-state index is 0.963. The van der Waals surface area contributed by atoms with E-state index in [-0.39, 0.29) is 0 Å². The number of aromatic nitrogens is 3. The van der Waals surface area contributed by atoms with Crippen LogP contribution in [0.5, 0.6) is 0 Å². The van der Waals surface area contributed by atoms with Gasteiger partial charge in [-0.3, -0.25) is 4.98 Å². The average Bonchev–Trinajstić information content (AvgIpc) is 2.44. The van der Waals surface area contributed by atoms with Crippen LogP contribution >= 0.6 is 0 Å². The van der Waals surface area contributed by atoms with Crippen molar-refractivity contribution in [1.82, 2.24) is 14.5 Å². The van der Waals surface area contributed by atoms with Crippen molar-refractivity contribution in [3.05, 3.63) is 24.3 Å². The molecule has 0 aromatic carbocycles. The molecule has 0 saturated heterocycles. The fourth-order valence-electron chi connectivity index (χ4n) is 1.42. The molecule has 3 heteroatoms. The normalized spacial score (nSPS) is 10.8. The van der Waals surface area contributed by atoms with Crippen LogP contribution in [0.4, 0.5) is 0 Å². The summed E-state index contributed by atoms with van der Waals surface area (Å²) in [5, 5.41) is 0. The van der Waals surface area contributed by atoms with E-state index >= 15 is 0 Å². The molecule has 0 aliphatic heterocycles. The topological polar surface area (TPSA) is 30.7 Å². The standard InChI is InChI=1S/C9H11N3/c1-3-9-11-7-6-10-5-4-8(7)12(9)2/h4-6H,3H2,1-2H3. The molecule has 0 bridgehead atoms. The first-order valence-electron chi connectivity index (χ1n) is 4.08. The van der Waals surface area contributed by atoms with Crippen LogP contribution in [-0.2, 0) is 13.5 Å². The first-order valence-corrected chi connectivity index (χ1v) is 4.08. The van der Waals surface area contributed by atoms with Gasteiger partial charge >= 0.3 is 0 Å². The van der Waals surface area contributed by atoms with Crippen LogP contribution in [0.3, 0.4) is 0 Å². The van der Waals surface area contributed by atoms with Gasteiger partial charge in [-0.1, -0.05) is 6.92 Å². The van der Waals surface area contributed by atoms with Crippen LogP contribution in [0.25, 0.3) is 11.0 Å². The molecule has 0 atom stereocenters. The SMILES string of the molecule is CCc1nc2cnccc2n1C. The first kappa shape index (κ1) is 7.28. The minimum Gasteiger partial charge on any atom is -0.331 e. The molecule has 0 unspecified atom stereocenters. The first-order chi connectivity index (χ1) is 5.83. The Balaban J connectivity index is 2.78. The number of pyridine rings is 1. The van der Waals surface area contributed by atoms with Crippen LogP contribution in [0.15, 0.2) is 18.5 Å². The van der Waals surface area contributed by atoms with Crippen LogP contribution in [-0.4, -0.2) is 14.5 Å². The molecule has 2 aromatic heterocycles. The molecule has 62 valence electrons. The van der Waals surface area contributed by atoms with E-state index in [1.54, 1.807) is 12.4 Å². The van der Waals surface area contributed by atoms with E-state index in [9.17, 15) is 0 Å². The monoisotopic (exact) mass is 161 g/mol. The highest BCUT2D eigenvalue weighted by molar-refractivity contribution is 5.74. The molecule has 0 N–H and O–H groups in total. The predicted octanol–water partition coefficient (Wildman–Crippen LogP) is 1.53. The van der Waals surface area contributed by atoms with Crippen molar-refractivity contribution in [2.24, 2.45) is 7.05 Å². The zero-order valence-electron chi connectivity index (χ0n) is 7.28. The zero-order chi connectivity index (χ0) is 8.55. The highest BCUT2D eigenvalue weighted by Gasteiger charge is 2.03. The molecule has 0 amide bonds. The molecular formula is C9H11N3. The molecule has 12 heavy (non-hydrogen) atoms.